The van der Waals surface area contributed by atoms with Gasteiger partial charge >= 0.3 is 0 Å². The Morgan fingerprint density at radius 3 is 3.19 bits per heavy atom. The maximum Gasteiger partial charge on any atom is 0.126 e. The van der Waals surface area contributed by atoms with Gasteiger partial charge in [0.1, 0.15) is 5.76 Å². The third-order valence-electron chi connectivity index (χ3n) is 2.56. The fourth-order valence-electron chi connectivity index (χ4n) is 1.43. The molecule has 0 radical (unpaired) electrons. The Labute approximate surface area is 96.5 Å². The molecule has 0 spiro atoms. The fourth-order valence-corrected chi connectivity index (χ4v) is 1.43. The Morgan fingerprint density at radius 1 is 1.50 bits per heavy atom. The minimum absolute atomic E-state index is 0.811. The number of ether oxygens (including phenoxy) is 1. The monoisotopic (exact) mass is 221 g/mol. The van der Waals surface area contributed by atoms with E-state index < -0.39 is 0 Å². The largest absolute Gasteiger partial charge is 0.465 e. The lowest BCUT2D eigenvalue weighted by atomic mass is 10.4. The van der Waals surface area contributed by atoms with Crippen LogP contribution in [0.1, 0.15) is 18.6 Å². The van der Waals surface area contributed by atoms with E-state index in [4.69, 9.17) is 9.15 Å². The van der Waals surface area contributed by atoms with Crippen molar-refractivity contribution in [3.63, 3.8) is 0 Å². The molecular weight excluding hydrogens is 202 g/mol. The van der Waals surface area contributed by atoms with Gasteiger partial charge in [0.2, 0.25) is 0 Å². The molecular formula is C13H19NO2. The fraction of sp³-hybridized carbons (Fsp3) is 0.538. The molecule has 1 heterocycles. The SMILES string of the molecule is C(=C\c1ccco1)/CNCCOCC1CC1. The van der Waals surface area contributed by atoms with E-state index in [2.05, 4.69) is 11.4 Å². The normalized spacial score (nSPS) is 16.0. The lowest BCUT2D eigenvalue weighted by Crippen LogP contribution is -2.20. The highest BCUT2D eigenvalue weighted by Gasteiger charge is 2.20. The van der Waals surface area contributed by atoms with Crippen molar-refractivity contribution in [2.45, 2.75) is 12.8 Å². The van der Waals surface area contributed by atoms with Gasteiger partial charge in [-0.1, -0.05) is 6.08 Å². The molecule has 0 aliphatic heterocycles. The number of furan rings is 1. The molecule has 0 bridgehead atoms. The van der Waals surface area contributed by atoms with Crippen LogP contribution >= 0.6 is 0 Å². The number of nitrogens with one attached hydrogen (secondary N) is 1. The van der Waals surface area contributed by atoms with Crippen molar-refractivity contribution >= 4 is 6.08 Å². The van der Waals surface area contributed by atoms with E-state index in [1.54, 1.807) is 6.26 Å². The van der Waals surface area contributed by atoms with Crippen molar-refractivity contribution in [2.75, 3.05) is 26.3 Å². The summed E-state index contributed by atoms with van der Waals surface area (Å²) in [5.74, 6) is 1.76. The number of hydrogen-bond donors (Lipinski definition) is 1. The number of hydrogen-bond acceptors (Lipinski definition) is 3. The second kappa shape index (κ2) is 6.51. The van der Waals surface area contributed by atoms with E-state index in [0.29, 0.717) is 0 Å². The molecule has 0 unspecified atom stereocenters. The minimum Gasteiger partial charge on any atom is -0.465 e. The van der Waals surface area contributed by atoms with E-state index >= 15 is 0 Å². The Bertz CT molecular complexity index is 302. The lowest BCUT2D eigenvalue weighted by molar-refractivity contribution is 0.127. The molecule has 1 aromatic heterocycles. The third-order valence-corrected chi connectivity index (χ3v) is 2.56. The first-order valence-electron chi connectivity index (χ1n) is 5.93. The van der Waals surface area contributed by atoms with Gasteiger partial charge in [-0.15, -0.1) is 0 Å². The molecule has 88 valence electrons. The molecule has 1 aliphatic rings. The second-order valence-corrected chi connectivity index (χ2v) is 4.14. The van der Waals surface area contributed by atoms with Crippen LogP contribution in [0.4, 0.5) is 0 Å². The summed E-state index contributed by atoms with van der Waals surface area (Å²) in [6.45, 7) is 3.53. The third kappa shape index (κ3) is 4.64. The molecule has 3 heteroatoms. The van der Waals surface area contributed by atoms with E-state index in [9.17, 15) is 0 Å². The summed E-state index contributed by atoms with van der Waals surface area (Å²) < 4.78 is 10.7. The van der Waals surface area contributed by atoms with E-state index in [1.807, 2.05) is 18.2 Å². The molecule has 1 aliphatic carbocycles. The molecule has 0 aromatic carbocycles. The quantitative estimate of drug-likeness (QED) is 0.684. The Hall–Kier alpha value is -1.06. The van der Waals surface area contributed by atoms with Crippen LogP contribution in [-0.2, 0) is 4.74 Å². The van der Waals surface area contributed by atoms with Crippen LogP contribution in [0.2, 0.25) is 0 Å². The van der Waals surface area contributed by atoms with Gasteiger partial charge in [-0.3, -0.25) is 0 Å². The van der Waals surface area contributed by atoms with Gasteiger partial charge in [-0.25, -0.2) is 0 Å². The highest BCUT2D eigenvalue weighted by atomic mass is 16.5. The van der Waals surface area contributed by atoms with Gasteiger partial charge < -0.3 is 14.5 Å². The predicted molar refractivity (Wildman–Crippen MR) is 64.2 cm³/mol. The van der Waals surface area contributed by atoms with Crippen LogP contribution in [0, 0.1) is 5.92 Å². The first-order chi connectivity index (χ1) is 7.95. The van der Waals surface area contributed by atoms with Crippen LogP contribution in [0.25, 0.3) is 6.08 Å². The van der Waals surface area contributed by atoms with Gasteiger partial charge in [0, 0.05) is 19.7 Å². The smallest absolute Gasteiger partial charge is 0.126 e. The van der Waals surface area contributed by atoms with Crippen molar-refractivity contribution < 1.29 is 9.15 Å². The molecule has 0 amide bonds. The molecule has 1 aromatic rings. The average Bonchev–Trinajstić information content (AvgIpc) is 2.97. The minimum atomic E-state index is 0.811. The van der Waals surface area contributed by atoms with Gasteiger partial charge in [0.05, 0.1) is 12.9 Å². The number of rotatable bonds is 8. The molecule has 2 rings (SSSR count). The lowest BCUT2D eigenvalue weighted by Gasteiger charge is -2.02. The Morgan fingerprint density at radius 2 is 2.44 bits per heavy atom. The molecule has 0 saturated heterocycles. The van der Waals surface area contributed by atoms with Crippen LogP contribution < -0.4 is 5.32 Å². The topological polar surface area (TPSA) is 34.4 Å². The first kappa shape index (κ1) is 11.4. The summed E-state index contributed by atoms with van der Waals surface area (Å²) in [7, 11) is 0. The van der Waals surface area contributed by atoms with Crippen molar-refractivity contribution in [2.24, 2.45) is 5.92 Å². The molecule has 3 nitrogen and oxygen atoms in total. The van der Waals surface area contributed by atoms with E-state index in [-0.39, 0.29) is 0 Å². The summed E-state index contributed by atoms with van der Waals surface area (Å²) >= 11 is 0. The van der Waals surface area contributed by atoms with Gasteiger partial charge in [-0.2, -0.15) is 0 Å². The average molecular weight is 221 g/mol. The van der Waals surface area contributed by atoms with Crippen molar-refractivity contribution in [1.82, 2.24) is 5.32 Å². The second-order valence-electron chi connectivity index (χ2n) is 4.14. The summed E-state index contributed by atoms with van der Waals surface area (Å²) in [5.41, 5.74) is 0. The molecule has 1 fully saturated rings. The van der Waals surface area contributed by atoms with Crippen LogP contribution in [0.3, 0.4) is 0 Å². The predicted octanol–water partition coefficient (Wildman–Crippen LogP) is 2.31. The Balaban J connectivity index is 1.42. The van der Waals surface area contributed by atoms with Crippen LogP contribution in [0.15, 0.2) is 28.9 Å². The summed E-state index contributed by atoms with van der Waals surface area (Å²) in [4.78, 5) is 0. The summed E-state index contributed by atoms with van der Waals surface area (Å²) in [6, 6.07) is 3.83. The highest BCUT2D eigenvalue weighted by molar-refractivity contribution is 5.42. The van der Waals surface area contributed by atoms with E-state index in [0.717, 1.165) is 38.0 Å². The van der Waals surface area contributed by atoms with Gasteiger partial charge in [-0.05, 0) is 37.0 Å². The first-order valence-corrected chi connectivity index (χ1v) is 5.93. The molecule has 16 heavy (non-hydrogen) atoms. The zero-order chi connectivity index (χ0) is 11.1. The zero-order valence-electron chi connectivity index (χ0n) is 9.52. The summed E-state index contributed by atoms with van der Waals surface area (Å²) in [5, 5.41) is 3.29. The Kier molecular flexibility index (Phi) is 4.65. The van der Waals surface area contributed by atoms with Crippen molar-refractivity contribution in [1.29, 1.82) is 0 Å². The molecule has 1 N–H and O–H groups in total. The summed E-state index contributed by atoms with van der Waals surface area (Å²) in [6.07, 6.45) is 8.43. The standard InChI is InChI=1S/C13H19NO2/c1(3-13-4-2-9-16-13)7-14-8-10-15-11-12-5-6-12/h1-4,9,12,14H,5-8,10-11H2/b3-1+. The van der Waals surface area contributed by atoms with Crippen molar-refractivity contribution in [3.8, 4) is 0 Å². The van der Waals surface area contributed by atoms with Gasteiger partial charge in [0.15, 0.2) is 0 Å². The molecule has 1 saturated carbocycles. The van der Waals surface area contributed by atoms with E-state index in [1.165, 1.54) is 12.8 Å². The highest BCUT2D eigenvalue weighted by Crippen LogP contribution is 2.28. The van der Waals surface area contributed by atoms with Crippen LogP contribution in [0.5, 0.6) is 0 Å². The van der Waals surface area contributed by atoms with Crippen molar-refractivity contribution in [3.05, 3.63) is 30.2 Å². The molecule has 0 atom stereocenters. The zero-order valence-corrected chi connectivity index (χ0v) is 9.52. The van der Waals surface area contributed by atoms with Gasteiger partial charge in [0.25, 0.3) is 0 Å². The van der Waals surface area contributed by atoms with Crippen LogP contribution in [-0.4, -0.2) is 26.3 Å². The maximum absolute atomic E-state index is 5.50. The maximum atomic E-state index is 5.50.